The van der Waals surface area contributed by atoms with Gasteiger partial charge in [0, 0.05) is 23.6 Å². The van der Waals surface area contributed by atoms with Crippen LogP contribution < -0.4 is 14.2 Å². The van der Waals surface area contributed by atoms with Gasteiger partial charge in [-0.25, -0.2) is 9.59 Å². The first-order valence-corrected chi connectivity index (χ1v) is 7.98. The summed E-state index contributed by atoms with van der Waals surface area (Å²) in [6.07, 6.45) is -2.43. The number of methoxy groups -OCH3 is 3. The molecule has 1 aliphatic heterocycles. The molecule has 1 aromatic carbocycles. The van der Waals surface area contributed by atoms with E-state index >= 15 is 0 Å². The Labute approximate surface area is 159 Å². The number of carbonyl (C=O) groups is 2. The number of aliphatic hydroxyl groups is 3. The Morgan fingerprint density at radius 3 is 2.18 bits per heavy atom. The van der Waals surface area contributed by atoms with E-state index in [1.807, 2.05) is 0 Å². The predicted octanol–water partition coefficient (Wildman–Crippen LogP) is 1.18. The molecule has 152 valence electrons. The number of benzene rings is 1. The van der Waals surface area contributed by atoms with Gasteiger partial charge in [-0.1, -0.05) is 0 Å². The number of carbonyl (C=O) groups excluding carboxylic acids is 1. The summed E-state index contributed by atoms with van der Waals surface area (Å²) in [5, 5.41) is 38.6. The van der Waals surface area contributed by atoms with Gasteiger partial charge in [0.2, 0.25) is 5.76 Å². The molecule has 1 aliphatic rings. The number of aliphatic carboxylic acids is 1. The van der Waals surface area contributed by atoms with Gasteiger partial charge in [-0.3, -0.25) is 0 Å². The first-order valence-electron chi connectivity index (χ1n) is 7.98. The second kappa shape index (κ2) is 8.53. The summed E-state index contributed by atoms with van der Waals surface area (Å²) in [6.45, 7) is 0. The fourth-order valence-corrected chi connectivity index (χ4v) is 2.62. The first kappa shape index (κ1) is 20.9. The molecular weight excluding hydrogens is 376 g/mol. The van der Waals surface area contributed by atoms with E-state index in [4.69, 9.17) is 14.2 Å². The summed E-state index contributed by atoms with van der Waals surface area (Å²) >= 11 is 0. The quantitative estimate of drug-likeness (QED) is 0.372. The highest BCUT2D eigenvalue weighted by atomic mass is 16.6. The molecule has 10 heteroatoms. The summed E-state index contributed by atoms with van der Waals surface area (Å²) in [5.74, 6) is -3.44. The molecule has 10 nitrogen and oxygen atoms in total. The molecule has 0 radical (unpaired) electrons. The van der Waals surface area contributed by atoms with Crippen LogP contribution in [0.15, 0.2) is 29.2 Å². The lowest BCUT2D eigenvalue weighted by atomic mass is 10.00. The summed E-state index contributed by atoms with van der Waals surface area (Å²) in [7, 11) is 4.23. The smallest absolute Gasteiger partial charge is 0.377 e. The number of carboxylic acids is 1. The van der Waals surface area contributed by atoms with Crippen LogP contribution in [-0.2, 0) is 14.3 Å². The van der Waals surface area contributed by atoms with Crippen molar-refractivity contribution in [2.45, 2.75) is 18.6 Å². The highest BCUT2D eigenvalue weighted by Gasteiger charge is 2.39. The molecule has 0 aliphatic carbocycles. The first-order chi connectivity index (χ1) is 13.2. The van der Waals surface area contributed by atoms with Crippen molar-refractivity contribution in [3.63, 3.8) is 0 Å². The topological polar surface area (TPSA) is 152 Å². The van der Waals surface area contributed by atoms with E-state index in [2.05, 4.69) is 4.74 Å². The molecule has 0 amide bonds. The van der Waals surface area contributed by atoms with Crippen molar-refractivity contribution in [1.82, 2.24) is 0 Å². The zero-order valence-corrected chi connectivity index (χ0v) is 15.3. The van der Waals surface area contributed by atoms with Crippen LogP contribution in [0, 0.1) is 0 Å². The second-order valence-corrected chi connectivity index (χ2v) is 5.76. The van der Waals surface area contributed by atoms with E-state index in [0.29, 0.717) is 22.8 Å². The number of carboxylic acid groups (broad SMARTS) is 1. The average molecular weight is 396 g/mol. The number of cyclic esters (lactones) is 1. The van der Waals surface area contributed by atoms with Gasteiger partial charge in [-0.15, -0.1) is 0 Å². The number of ether oxygens (including phenoxy) is 4. The van der Waals surface area contributed by atoms with Crippen molar-refractivity contribution in [2.75, 3.05) is 21.3 Å². The van der Waals surface area contributed by atoms with Gasteiger partial charge >= 0.3 is 11.9 Å². The van der Waals surface area contributed by atoms with Gasteiger partial charge < -0.3 is 39.4 Å². The lowest BCUT2D eigenvalue weighted by molar-refractivity contribution is -0.146. The predicted molar refractivity (Wildman–Crippen MR) is 94.5 cm³/mol. The molecule has 1 aromatic rings. The van der Waals surface area contributed by atoms with Crippen molar-refractivity contribution in [1.29, 1.82) is 0 Å². The van der Waals surface area contributed by atoms with E-state index in [-0.39, 0.29) is 5.57 Å². The number of rotatable bonds is 8. The van der Waals surface area contributed by atoms with Crippen LogP contribution in [0.4, 0.5) is 0 Å². The summed E-state index contributed by atoms with van der Waals surface area (Å²) in [4.78, 5) is 22.9. The van der Waals surface area contributed by atoms with Crippen LogP contribution in [0.25, 0.3) is 6.08 Å². The van der Waals surface area contributed by atoms with Gasteiger partial charge in [-0.05, 0) is 12.1 Å². The van der Waals surface area contributed by atoms with Crippen molar-refractivity contribution in [2.24, 2.45) is 0 Å². The highest BCUT2D eigenvalue weighted by molar-refractivity contribution is 5.93. The normalized spacial score (nSPS) is 17.9. The third kappa shape index (κ3) is 4.12. The Morgan fingerprint density at radius 2 is 1.71 bits per heavy atom. The molecule has 28 heavy (non-hydrogen) atoms. The van der Waals surface area contributed by atoms with Crippen LogP contribution in [0.5, 0.6) is 17.2 Å². The number of aliphatic hydroxyl groups excluding tert-OH is 3. The minimum Gasteiger partial charge on any atom is -0.505 e. The monoisotopic (exact) mass is 396 g/mol. The summed E-state index contributed by atoms with van der Waals surface area (Å²) in [5.41, 5.74) is 0.0593. The van der Waals surface area contributed by atoms with Crippen LogP contribution in [-0.4, -0.2) is 65.9 Å². The molecule has 1 unspecified atom stereocenters. The number of hydrogen-bond acceptors (Lipinski definition) is 9. The van der Waals surface area contributed by atoms with Crippen LogP contribution in [0.3, 0.4) is 0 Å². The third-order valence-electron chi connectivity index (χ3n) is 4.06. The SMILES string of the molecule is COc1cc(OC)c(OC)cc1/C=C(\CC(O)[C@H]1OC(=O)C(O)=C1O)C(=O)O. The fourth-order valence-electron chi connectivity index (χ4n) is 2.62. The Hall–Kier alpha value is -3.40. The minimum atomic E-state index is -1.61. The van der Waals surface area contributed by atoms with E-state index < -0.39 is 42.1 Å². The van der Waals surface area contributed by atoms with E-state index in [1.54, 1.807) is 0 Å². The molecule has 0 saturated carbocycles. The molecule has 2 rings (SSSR count). The van der Waals surface area contributed by atoms with E-state index in [0.717, 1.165) is 0 Å². The van der Waals surface area contributed by atoms with Crippen LogP contribution in [0.1, 0.15) is 12.0 Å². The molecule has 0 aromatic heterocycles. The lowest BCUT2D eigenvalue weighted by Crippen LogP contribution is -2.30. The average Bonchev–Trinajstić information content (AvgIpc) is 2.94. The van der Waals surface area contributed by atoms with Gasteiger partial charge in [-0.2, -0.15) is 0 Å². The Bertz CT molecular complexity index is 839. The van der Waals surface area contributed by atoms with Gasteiger partial charge in [0.05, 0.1) is 21.3 Å². The van der Waals surface area contributed by atoms with Crippen molar-refractivity contribution in [3.8, 4) is 17.2 Å². The molecule has 0 spiro atoms. The van der Waals surface area contributed by atoms with Crippen LogP contribution in [0.2, 0.25) is 0 Å². The van der Waals surface area contributed by atoms with Crippen molar-refractivity contribution in [3.05, 3.63) is 34.8 Å². The standard InChI is InChI=1S/C18H20O10/c1-25-11-7-13(27-3)12(26-2)6-8(11)4-9(17(22)23)5-10(19)16-14(20)15(21)18(24)28-16/h4,6-7,10,16,19-21H,5H2,1-3H3,(H,22,23)/b9-4+/t10?,16-/m1/s1. The Balaban J connectivity index is 2.38. The molecule has 4 N–H and O–H groups in total. The van der Waals surface area contributed by atoms with E-state index in [9.17, 15) is 30.0 Å². The zero-order valence-electron chi connectivity index (χ0n) is 15.3. The molecule has 0 fully saturated rings. The maximum atomic E-state index is 11.6. The Morgan fingerprint density at radius 1 is 1.14 bits per heavy atom. The lowest BCUT2D eigenvalue weighted by Gasteiger charge is -2.18. The van der Waals surface area contributed by atoms with Crippen LogP contribution >= 0.6 is 0 Å². The highest BCUT2D eigenvalue weighted by Crippen LogP contribution is 2.36. The van der Waals surface area contributed by atoms with Gasteiger partial charge in [0.15, 0.2) is 23.4 Å². The molecule has 0 saturated heterocycles. The van der Waals surface area contributed by atoms with Crippen molar-refractivity contribution >= 4 is 18.0 Å². The maximum absolute atomic E-state index is 11.6. The molecule has 0 bridgehead atoms. The van der Waals surface area contributed by atoms with E-state index in [1.165, 1.54) is 39.5 Å². The number of esters is 1. The molecule has 1 heterocycles. The largest absolute Gasteiger partial charge is 0.505 e. The third-order valence-corrected chi connectivity index (χ3v) is 4.06. The molecule has 2 atom stereocenters. The fraction of sp³-hybridized carbons (Fsp3) is 0.333. The summed E-state index contributed by atoms with van der Waals surface area (Å²) in [6, 6.07) is 3.00. The number of hydrogen-bond donors (Lipinski definition) is 4. The Kier molecular flexibility index (Phi) is 6.37. The maximum Gasteiger partial charge on any atom is 0.377 e. The zero-order chi connectivity index (χ0) is 21.0. The van der Waals surface area contributed by atoms with Crippen molar-refractivity contribution < 1.29 is 49.0 Å². The van der Waals surface area contributed by atoms with Gasteiger partial charge in [0.25, 0.3) is 0 Å². The van der Waals surface area contributed by atoms with Gasteiger partial charge in [0.1, 0.15) is 11.9 Å². The summed E-state index contributed by atoms with van der Waals surface area (Å²) < 4.78 is 20.2. The minimum absolute atomic E-state index is 0.270. The molecular formula is C18H20O10. The second-order valence-electron chi connectivity index (χ2n) is 5.76.